The third-order valence-electron chi connectivity index (χ3n) is 5.40. The van der Waals surface area contributed by atoms with Crippen molar-refractivity contribution in [1.82, 2.24) is 4.90 Å². The summed E-state index contributed by atoms with van der Waals surface area (Å²) in [7, 11) is -2.85. The SMILES string of the molecule is CC(C)(C)OC(=O)Nc1cc(N2CCC(N3CCS(=O)(=O)CC3)CC2)ccc1N. The molecule has 0 saturated carbocycles. The fourth-order valence-corrected chi connectivity index (χ4v) is 5.07. The summed E-state index contributed by atoms with van der Waals surface area (Å²) in [6.45, 7) is 8.47. The van der Waals surface area contributed by atoms with Crippen molar-refractivity contribution in [3.63, 3.8) is 0 Å². The van der Waals surface area contributed by atoms with Crippen LogP contribution in [0.2, 0.25) is 0 Å². The van der Waals surface area contributed by atoms with Crippen molar-refractivity contribution < 1.29 is 17.9 Å². The van der Waals surface area contributed by atoms with Crippen LogP contribution in [0.4, 0.5) is 21.9 Å². The van der Waals surface area contributed by atoms with Crippen molar-refractivity contribution in [2.75, 3.05) is 53.6 Å². The van der Waals surface area contributed by atoms with E-state index in [4.69, 9.17) is 10.5 Å². The van der Waals surface area contributed by atoms with Gasteiger partial charge in [0, 0.05) is 37.9 Å². The van der Waals surface area contributed by atoms with Crippen LogP contribution in [0.1, 0.15) is 33.6 Å². The molecular weight excluding hydrogens is 392 g/mol. The maximum Gasteiger partial charge on any atom is 0.412 e. The Morgan fingerprint density at radius 3 is 2.34 bits per heavy atom. The quantitative estimate of drug-likeness (QED) is 0.718. The van der Waals surface area contributed by atoms with Gasteiger partial charge in [-0.05, 0) is 51.8 Å². The maximum atomic E-state index is 12.1. The van der Waals surface area contributed by atoms with Crippen molar-refractivity contribution >= 4 is 33.0 Å². The summed E-state index contributed by atoms with van der Waals surface area (Å²) in [5.74, 6) is 0.537. The van der Waals surface area contributed by atoms with E-state index in [1.54, 1.807) is 6.07 Å². The van der Waals surface area contributed by atoms with Crippen LogP contribution >= 0.6 is 0 Å². The summed E-state index contributed by atoms with van der Waals surface area (Å²) in [6, 6.07) is 6.06. The molecule has 0 aliphatic carbocycles. The van der Waals surface area contributed by atoms with Gasteiger partial charge in [-0.3, -0.25) is 10.2 Å². The monoisotopic (exact) mass is 424 g/mol. The molecule has 0 unspecified atom stereocenters. The largest absolute Gasteiger partial charge is 0.444 e. The molecule has 29 heavy (non-hydrogen) atoms. The van der Waals surface area contributed by atoms with Crippen LogP contribution in [0, 0.1) is 0 Å². The van der Waals surface area contributed by atoms with Crippen molar-refractivity contribution in [3.8, 4) is 0 Å². The van der Waals surface area contributed by atoms with Gasteiger partial charge in [0.25, 0.3) is 0 Å². The molecule has 0 radical (unpaired) electrons. The van der Waals surface area contributed by atoms with Gasteiger partial charge in [0.1, 0.15) is 5.60 Å². The summed E-state index contributed by atoms with van der Waals surface area (Å²) < 4.78 is 28.6. The molecule has 1 aromatic carbocycles. The number of nitrogens with zero attached hydrogens (tertiary/aromatic N) is 2. The smallest absolute Gasteiger partial charge is 0.412 e. The second-order valence-corrected chi connectivity index (χ2v) is 11.1. The first-order chi connectivity index (χ1) is 13.5. The van der Waals surface area contributed by atoms with Gasteiger partial charge >= 0.3 is 6.09 Å². The van der Waals surface area contributed by atoms with E-state index < -0.39 is 21.5 Å². The van der Waals surface area contributed by atoms with Gasteiger partial charge in [-0.15, -0.1) is 0 Å². The van der Waals surface area contributed by atoms with E-state index in [-0.39, 0.29) is 11.5 Å². The number of benzene rings is 1. The van der Waals surface area contributed by atoms with Gasteiger partial charge in [-0.2, -0.15) is 0 Å². The third-order valence-corrected chi connectivity index (χ3v) is 7.01. The van der Waals surface area contributed by atoms with Crippen molar-refractivity contribution in [1.29, 1.82) is 0 Å². The lowest BCUT2D eigenvalue weighted by Gasteiger charge is -2.40. The molecule has 0 atom stereocenters. The highest BCUT2D eigenvalue weighted by molar-refractivity contribution is 7.91. The molecule has 1 amide bonds. The molecule has 2 aliphatic rings. The van der Waals surface area contributed by atoms with E-state index in [2.05, 4.69) is 15.1 Å². The van der Waals surface area contributed by atoms with Gasteiger partial charge in [0.05, 0.1) is 22.9 Å². The zero-order valence-corrected chi connectivity index (χ0v) is 18.3. The van der Waals surface area contributed by atoms with E-state index in [1.807, 2.05) is 32.9 Å². The minimum atomic E-state index is -2.85. The maximum absolute atomic E-state index is 12.1. The summed E-state index contributed by atoms with van der Waals surface area (Å²) in [4.78, 5) is 16.7. The van der Waals surface area contributed by atoms with E-state index in [9.17, 15) is 13.2 Å². The summed E-state index contributed by atoms with van der Waals surface area (Å²) in [5, 5.41) is 2.74. The predicted octanol–water partition coefficient (Wildman–Crippen LogP) is 2.31. The Balaban J connectivity index is 1.59. The van der Waals surface area contributed by atoms with Crippen LogP contribution in [0.3, 0.4) is 0 Å². The first kappa shape index (κ1) is 21.7. The van der Waals surface area contributed by atoms with Gasteiger partial charge in [0.2, 0.25) is 0 Å². The highest BCUT2D eigenvalue weighted by Gasteiger charge is 2.30. The van der Waals surface area contributed by atoms with Crippen molar-refractivity contribution in [2.45, 2.75) is 45.3 Å². The Morgan fingerprint density at radius 2 is 1.76 bits per heavy atom. The van der Waals surface area contributed by atoms with Crippen LogP contribution in [-0.2, 0) is 14.6 Å². The Labute approximate surface area is 173 Å². The fraction of sp³-hybridized carbons (Fsp3) is 0.650. The second kappa shape index (κ2) is 8.39. The highest BCUT2D eigenvalue weighted by Crippen LogP contribution is 2.29. The second-order valence-electron chi connectivity index (χ2n) is 8.80. The molecule has 162 valence electrons. The zero-order chi connectivity index (χ0) is 21.2. The molecular formula is C20H32N4O4S. The minimum absolute atomic E-state index is 0.269. The van der Waals surface area contributed by atoms with Crippen LogP contribution in [0.15, 0.2) is 18.2 Å². The number of anilines is 3. The lowest BCUT2D eigenvalue weighted by molar-refractivity contribution is 0.0636. The Hall–Kier alpha value is -2.00. The predicted molar refractivity (Wildman–Crippen MR) is 116 cm³/mol. The number of sulfone groups is 1. The molecule has 0 spiro atoms. The summed E-state index contributed by atoms with van der Waals surface area (Å²) in [6.07, 6.45) is 1.44. The number of rotatable bonds is 3. The van der Waals surface area contributed by atoms with Gasteiger partial charge < -0.3 is 15.4 Å². The van der Waals surface area contributed by atoms with Crippen LogP contribution in [-0.4, -0.2) is 68.7 Å². The van der Waals surface area contributed by atoms with E-state index in [0.29, 0.717) is 30.5 Å². The highest BCUT2D eigenvalue weighted by atomic mass is 32.2. The molecule has 1 aromatic rings. The third kappa shape index (κ3) is 5.99. The van der Waals surface area contributed by atoms with Gasteiger partial charge in [-0.25, -0.2) is 13.2 Å². The number of carbonyl (C=O) groups is 1. The number of carbonyl (C=O) groups excluding carboxylic acids is 1. The van der Waals surface area contributed by atoms with Crippen LogP contribution in [0.5, 0.6) is 0 Å². The molecule has 3 rings (SSSR count). The number of hydrogen-bond donors (Lipinski definition) is 2. The lowest BCUT2D eigenvalue weighted by Crippen LogP contribution is -2.50. The Bertz CT molecular complexity index is 829. The van der Waals surface area contributed by atoms with Gasteiger partial charge in [0.15, 0.2) is 9.84 Å². The average molecular weight is 425 g/mol. The van der Waals surface area contributed by atoms with Crippen molar-refractivity contribution in [3.05, 3.63) is 18.2 Å². The molecule has 2 fully saturated rings. The number of hydrogen-bond acceptors (Lipinski definition) is 7. The Morgan fingerprint density at radius 1 is 1.14 bits per heavy atom. The molecule has 2 saturated heterocycles. The molecule has 2 aliphatic heterocycles. The summed E-state index contributed by atoms with van der Waals surface area (Å²) >= 11 is 0. The minimum Gasteiger partial charge on any atom is -0.444 e. The molecule has 2 heterocycles. The van der Waals surface area contributed by atoms with E-state index in [1.165, 1.54) is 0 Å². The fourth-order valence-electron chi connectivity index (χ4n) is 3.84. The zero-order valence-electron chi connectivity index (χ0n) is 17.5. The molecule has 0 aromatic heterocycles. The lowest BCUT2D eigenvalue weighted by atomic mass is 10.0. The topological polar surface area (TPSA) is 105 Å². The molecule has 0 bridgehead atoms. The number of nitrogens with one attached hydrogen (secondary N) is 1. The van der Waals surface area contributed by atoms with Crippen molar-refractivity contribution in [2.24, 2.45) is 0 Å². The van der Waals surface area contributed by atoms with Crippen LogP contribution in [0.25, 0.3) is 0 Å². The van der Waals surface area contributed by atoms with E-state index >= 15 is 0 Å². The standard InChI is InChI=1S/C20H32N4O4S/c1-20(2,3)28-19(25)22-18-14-16(4-5-17(18)21)23-8-6-15(7-9-23)24-10-12-29(26,27)13-11-24/h4-5,14-15H,6-13,21H2,1-3H3,(H,22,25). The molecule has 9 heteroatoms. The first-order valence-corrected chi connectivity index (χ1v) is 11.9. The normalized spacial score (nSPS) is 21.0. The van der Waals surface area contributed by atoms with Gasteiger partial charge in [-0.1, -0.05) is 0 Å². The van der Waals surface area contributed by atoms with Crippen LogP contribution < -0.4 is 16.0 Å². The average Bonchev–Trinajstić information content (AvgIpc) is 2.62. The first-order valence-electron chi connectivity index (χ1n) is 10.1. The number of piperidine rings is 1. The molecule has 8 nitrogen and oxygen atoms in total. The summed E-state index contributed by atoms with van der Waals surface area (Å²) in [5.41, 5.74) is 7.49. The van der Waals surface area contributed by atoms with E-state index in [0.717, 1.165) is 31.6 Å². The number of nitrogen functional groups attached to an aromatic ring is 1. The number of amides is 1. The number of nitrogens with two attached hydrogens (primary N) is 1. The number of ether oxygens (including phenoxy) is 1. The Kier molecular flexibility index (Phi) is 6.28. The molecule has 3 N–H and O–H groups in total.